The molecule has 0 radical (unpaired) electrons. The Morgan fingerprint density at radius 3 is 2.10 bits per heavy atom. The number of carbonyl (C=O) groups is 7. The molecule has 0 spiro atoms. The monoisotopic (exact) mass is 799 g/mol. The molecule has 2 aromatic rings. The quantitative estimate of drug-likeness (QED) is 0.105. The van der Waals surface area contributed by atoms with Crippen LogP contribution in [0.5, 0.6) is 0 Å². The van der Waals surface area contributed by atoms with Gasteiger partial charge < -0.3 is 20.7 Å². The average Bonchev–Trinajstić information content (AvgIpc) is 3.67. The number of hydrogen-bond acceptors (Lipinski definition) is 8. The molecule has 316 valence electrons. The van der Waals surface area contributed by atoms with Gasteiger partial charge in [-0.2, -0.15) is 0 Å². The lowest BCUT2D eigenvalue weighted by molar-refractivity contribution is -0.146. The number of carbonyl (C=O) groups excluding carboxylic acids is 7. The SMILES string of the molecule is CCCCC(NC(=O)CCC(=O)C(=O)C(CCC)CC(=O)[C@@H]1C[C@@H](OCc2ccccc2)CN1C(=O)C(CC(=O)C(C)Cc1ccccc1)C1CCCCC1)C(N)=O. The summed E-state index contributed by atoms with van der Waals surface area (Å²) in [6.07, 6.45) is 7.04. The summed E-state index contributed by atoms with van der Waals surface area (Å²) in [6, 6.07) is 17.8. The smallest absolute Gasteiger partial charge is 0.239 e. The van der Waals surface area contributed by atoms with Gasteiger partial charge in [-0.1, -0.05) is 120 Å². The number of primary amides is 1. The first-order valence-corrected chi connectivity index (χ1v) is 21.6. The van der Waals surface area contributed by atoms with Crippen LogP contribution in [0, 0.1) is 23.7 Å². The van der Waals surface area contributed by atoms with E-state index < -0.39 is 53.4 Å². The van der Waals surface area contributed by atoms with Gasteiger partial charge in [0.2, 0.25) is 23.5 Å². The van der Waals surface area contributed by atoms with E-state index >= 15 is 0 Å². The van der Waals surface area contributed by atoms with Crippen molar-refractivity contribution in [2.75, 3.05) is 6.54 Å². The maximum absolute atomic E-state index is 14.9. The molecule has 1 aliphatic carbocycles. The highest BCUT2D eigenvalue weighted by Crippen LogP contribution is 2.36. The van der Waals surface area contributed by atoms with Crippen molar-refractivity contribution >= 4 is 40.9 Å². The van der Waals surface area contributed by atoms with Crippen molar-refractivity contribution in [2.45, 2.75) is 148 Å². The molecular weight excluding hydrogens is 735 g/mol. The van der Waals surface area contributed by atoms with E-state index in [0.717, 1.165) is 49.7 Å². The molecule has 4 rings (SSSR count). The first-order valence-electron chi connectivity index (χ1n) is 21.6. The van der Waals surface area contributed by atoms with E-state index in [1.807, 2.05) is 81.4 Å². The number of nitrogens with zero attached hydrogens (tertiary/aromatic N) is 1. The third kappa shape index (κ3) is 14.1. The van der Waals surface area contributed by atoms with Crippen LogP contribution in [0.25, 0.3) is 0 Å². The highest BCUT2D eigenvalue weighted by atomic mass is 16.5. The van der Waals surface area contributed by atoms with Gasteiger partial charge in [0, 0.05) is 56.4 Å². The zero-order chi connectivity index (χ0) is 42.0. The van der Waals surface area contributed by atoms with E-state index in [9.17, 15) is 33.6 Å². The van der Waals surface area contributed by atoms with Gasteiger partial charge in [0.05, 0.1) is 18.8 Å². The van der Waals surface area contributed by atoms with Crippen molar-refractivity contribution < 1.29 is 38.3 Å². The van der Waals surface area contributed by atoms with Crippen molar-refractivity contribution in [1.29, 1.82) is 0 Å². The Hall–Kier alpha value is -4.51. The van der Waals surface area contributed by atoms with Gasteiger partial charge >= 0.3 is 0 Å². The highest BCUT2D eigenvalue weighted by molar-refractivity contribution is 6.38. The molecular formula is C47H65N3O8. The Bertz CT molecular complexity index is 1670. The van der Waals surface area contributed by atoms with Crippen LogP contribution in [-0.2, 0) is 51.3 Å². The first-order chi connectivity index (χ1) is 27.9. The average molecular weight is 800 g/mol. The van der Waals surface area contributed by atoms with Gasteiger partial charge in [0.15, 0.2) is 11.6 Å². The maximum atomic E-state index is 14.9. The van der Waals surface area contributed by atoms with Crippen molar-refractivity contribution in [2.24, 2.45) is 29.4 Å². The lowest BCUT2D eigenvalue weighted by Crippen LogP contribution is -2.47. The van der Waals surface area contributed by atoms with Gasteiger partial charge in [-0.25, -0.2) is 0 Å². The number of nitrogens with two attached hydrogens (primary N) is 1. The Labute approximate surface area is 344 Å². The summed E-state index contributed by atoms with van der Waals surface area (Å²) in [5.41, 5.74) is 7.46. The van der Waals surface area contributed by atoms with Crippen LogP contribution in [0.4, 0.5) is 0 Å². The Kier molecular flexibility index (Phi) is 18.9. The molecule has 1 aliphatic heterocycles. The van der Waals surface area contributed by atoms with E-state index in [1.54, 1.807) is 4.90 Å². The summed E-state index contributed by atoms with van der Waals surface area (Å²) < 4.78 is 6.32. The fourth-order valence-electron chi connectivity index (χ4n) is 8.55. The van der Waals surface area contributed by atoms with E-state index in [2.05, 4.69) is 5.32 Å². The Morgan fingerprint density at radius 2 is 1.48 bits per heavy atom. The van der Waals surface area contributed by atoms with Gasteiger partial charge in [-0.05, 0) is 49.1 Å². The van der Waals surface area contributed by atoms with Crippen LogP contribution >= 0.6 is 0 Å². The van der Waals surface area contributed by atoms with Crippen LogP contribution < -0.4 is 11.1 Å². The number of rotatable bonds is 25. The summed E-state index contributed by atoms with van der Waals surface area (Å²) in [5, 5.41) is 2.57. The number of benzene rings is 2. The number of ketones is 4. The minimum absolute atomic E-state index is 0.0169. The molecule has 1 saturated heterocycles. The molecule has 4 unspecified atom stereocenters. The maximum Gasteiger partial charge on any atom is 0.239 e. The van der Waals surface area contributed by atoms with Crippen molar-refractivity contribution in [1.82, 2.24) is 10.2 Å². The molecule has 2 aliphatic rings. The molecule has 1 heterocycles. The number of hydrogen-bond donors (Lipinski definition) is 2. The van der Waals surface area contributed by atoms with Gasteiger partial charge in [-0.3, -0.25) is 33.6 Å². The third-order valence-corrected chi connectivity index (χ3v) is 12.0. The van der Waals surface area contributed by atoms with E-state index in [0.29, 0.717) is 32.3 Å². The van der Waals surface area contributed by atoms with Crippen LogP contribution in [0.1, 0.15) is 128 Å². The minimum atomic E-state index is -0.910. The summed E-state index contributed by atoms with van der Waals surface area (Å²) >= 11 is 0. The second-order valence-corrected chi connectivity index (χ2v) is 16.5. The molecule has 3 N–H and O–H groups in total. The molecule has 0 bridgehead atoms. The summed E-state index contributed by atoms with van der Waals surface area (Å²) in [4.78, 5) is 95.9. The second kappa shape index (κ2) is 23.8. The van der Waals surface area contributed by atoms with Crippen LogP contribution in [0.2, 0.25) is 0 Å². The summed E-state index contributed by atoms with van der Waals surface area (Å²) in [7, 11) is 0. The normalized spacial score (nSPS) is 19.1. The summed E-state index contributed by atoms with van der Waals surface area (Å²) in [6.45, 7) is 6.22. The topological polar surface area (TPSA) is 170 Å². The summed E-state index contributed by atoms with van der Waals surface area (Å²) in [5.74, 6) is -4.94. The van der Waals surface area contributed by atoms with Crippen molar-refractivity contribution in [3.8, 4) is 0 Å². The van der Waals surface area contributed by atoms with Crippen LogP contribution in [0.15, 0.2) is 60.7 Å². The fraction of sp³-hybridized carbons (Fsp3) is 0.596. The molecule has 1 saturated carbocycles. The Balaban J connectivity index is 1.51. The highest BCUT2D eigenvalue weighted by Gasteiger charge is 2.45. The number of unbranched alkanes of at least 4 members (excludes halogenated alkanes) is 1. The van der Waals surface area contributed by atoms with E-state index in [-0.39, 0.29) is 74.4 Å². The van der Waals surface area contributed by atoms with Crippen molar-refractivity contribution in [3.05, 3.63) is 71.8 Å². The number of ether oxygens (including phenoxy) is 1. The molecule has 0 aromatic heterocycles. The zero-order valence-electron chi connectivity index (χ0n) is 34.8. The van der Waals surface area contributed by atoms with Crippen LogP contribution in [0.3, 0.4) is 0 Å². The zero-order valence-corrected chi connectivity index (χ0v) is 34.8. The third-order valence-electron chi connectivity index (χ3n) is 12.0. The number of amides is 3. The molecule has 11 heteroatoms. The van der Waals surface area contributed by atoms with E-state index in [1.165, 1.54) is 0 Å². The van der Waals surface area contributed by atoms with E-state index in [4.69, 9.17) is 10.5 Å². The van der Waals surface area contributed by atoms with Crippen LogP contribution in [-0.4, -0.2) is 70.5 Å². The number of nitrogens with one attached hydrogen (secondary N) is 1. The fourth-order valence-corrected chi connectivity index (χ4v) is 8.55. The second-order valence-electron chi connectivity index (χ2n) is 16.5. The predicted molar refractivity (Wildman–Crippen MR) is 222 cm³/mol. The lowest BCUT2D eigenvalue weighted by atomic mass is 9.75. The van der Waals surface area contributed by atoms with Crippen molar-refractivity contribution in [3.63, 3.8) is 0 Å². The molecule has 6 atom stereocenters. The minimum Gasteiger partial charge on any atom is -0.372 e. The van der Waals surface area contributed by atoms with Gasteiger partial charge in [-0.15, -0.1) is 0 Å². The first kappa shape index (κ1) is 46.2. The van der Waals surface area contributed by atoms with Gasteiger partial charge in [0.1, 0.15) is 11.8 Å². The molecule has 11 nitrogen and oxygen atoms in total. The number of Topliss-reactive ketones (excluding diaryl/α,β-unsaturated/α-hetero) is 4. The van der Waals surface area contributed by atoms with Gasteiger partial charge in [0.25, 0.3) is 0 Å². The molecule has 58 heavy (non-hydrogen) atoms. The lowest BCUT2D eigenvalue weighted by Gasteiger charge is -2.34. The standard InChI is InChI=1S/C47H65N3O8/c1-4-6-23-39(46(48)56)49-44(54)25-24-41(51)45(55)36(16-5-2)27-43(53)40-28-37(58-31-34-19-12-8-13-20-34)30-50(40)47(57)38(35-21-14-9-15-22-35)29-42(52)32(3)26-33-17-10-7-11-18-33/h7-8,10-13,17-20,32,35-40H,4-6,9,14-16,21-31H2,1-3H3,(H2,48,56)(H,49,54)/t32?,36?,37-,38?,39?,40+/m1/s1. The molecule has 2 aromatic carbocycles. The number of likely N-dealkylation sites (tertiary alicyclic amines) is 1. The Morgan fingerprint density at radius 1 is 0.828 bits per heavy atom. The molecule has 2 fully saturated rings. The largest absolute Gasteiger partial charge is 0.372 e. The predicted octanol–water partition coefficient (Wildman–Crippen LogP) is 6.66. The molecule has 3 amide bonds.